The highest BCUT2D eigenvalue weighted by Gasteiger charge is 2.29. The van der Waals surface area contributed by atoms with Gasteiger partial charge in [0.25, 0.3) is 0 Å². The molecule has 2 aromatic heterocycles. The number of anilines is 1. The van der Waals surface area contributed by atoms with Crippen molar-refractivity contribution in [3.8, 4) is 29.0 Å². The molecule has 1 saturated heterocycles. The maximum atomic E-state index is 11.5. The molecule has 4 rings (SSSR count). The first-order chi connectivity index (χ1) is 14.6. The van der Waals surface area contributed by atoms with E-state index in [1.54, 1.807) is 54.0 Å². The zero-order valence-corrected chi connectivity index (χ0v) is 16.0. The van der Waals surface area contributed by atoms with Crippen LogP contribution < -0.4 is 10.1 Å². The normalized spacial score (nSPS) is 13.1. The van der Waals surface area contributed by atoms with Gasteiger partial charge in [-0.1, -0.05) is 12.6 Å². The molecule has 1 fully saturated rings. The quantitative estimate of drug-likeness (QED) is 0.637. The fraction of sp³-hybridized carbons (Fsp3) is 0.136. The Hall–Kier alpha value is -4.25. The summed E-state index contributed by atoms with van der Waals surface area (Å²) in [6.45, 7) is 4.77. The molecule has 1 aliphatic heterocycles. The molecule has 0 radical (unpaired) electrons. The van der Waals surface area contributed by atoms with Crippen LogP contribution in [0.5, 0.6) is 11.8 Å². The Morgan fingerprint density at radius 1 is 1.20 bits per heavy atom. The molecule has 0 unspecified atom stereocenters. The molecule has 0 atom stereocenters. The summed E-state index contributed by atoms with van der Waals surface area (Å²) in [6, 6.07) is 11.2. The second-order valence-electron chi connectivity index (χ2n) is 6.75. The van der Waals surface area contributed by atoms with Crippen molar-refractivity contribution in [3.63, 3.8) is 0 Å². The highest BCUT2D eigenvalue weighted by molar-refractivity contribution is 5.87. The Labute approximate surface area is 173 Å². The molecular formula is C22H18N6O2. The number of aromatic nitrogens is 3. The largest absolute Gasteiger partial charge is 0.424 e. The van der Waals surface area contributed by atoms with Crippen LogP contribution in [0, 0.1) is 11.3 Å². The van der Waals surface area contributed by atoms with Crippen molar-refractivity contribution in [3.05, 3.63) is 73.3 Å². The van der Waals surface area contributed by atoms with Crippen LogP contribution in [0.3, 0.4) is 0 Å². The van der Waals surface area contributed by atoms with Gasteiger partial charge in [0.1, 0.15) is 5.75 Å². The highest BCUT2D eigenvalue weighted by atomic mass is 16.5. The van der Waals surface area contributed by atoms with E-state index in [0.29, 0.717) is 24.4 Å². The summed E-state index contributed by atoms with van der Waals surface area (Å²) in [5.41, 5.74) is 3.01. The number of nitriles is 1. The van der Waals surface area contributed by atoms with Gasteiger partial charge in [-0.15, -0.1) is 0 Å². The molecule has 0 saturated carbocycles. The van der Waals surface area contributed by atoms with Crippen LogP contribution in [-0.4, -0.2) is 44.9 Å². The van der Waals surface area contributed by atoms with Crippen LogP contribution in [0.2, 0.25) is 0 Å². The van der Waals surface area contributed by atoms with Crippen LogP contribution >= 0.6 is 0 Å². The van der Waals surface area contributed by atoms with Gasteiger partial charge in [0.15, 0.2) is 0 Å². The van der Waals surface area contributed by atoms with E-state index in [2.05, 4.69) is 32.9 Å². The first kappa shape index (κ1) is 19.1. The second kappa shape index (κ2) is 8.41. The smallest absolute Gasteiger partial charge is 0.321 e. The minimum atomic E-state index is -0.0567. The van der Waals surface area contributed by atoms with E-state index in [1.165, 1.54) is 6.08 Å². The summed E-state index contributed by atoms with van der Waals surface area (Å²) in [4.78, 5) is 26.0. The highest BCUT2D eigenvalue weighted by Crippen LogP contribution is 2.24. The third-order valence-electron chi connectivity index (χ3n) is 4.61. The van der Waals surface area contributed by atoms with Crippen LogP contribution in [0.25, 0.3) is 11.1 Å². The molecule has 1 aromatic carbocycles. The van der Waals surface area contributed by atoms with Crippen LogP contribution in [0.1, 0.15) is 5.56 Å². The van der Waals surface area contributed by atoms with Crippen molar-refractivity contribution in [2.45, 2.75) is 6.04 Å². The maximum Gasteiger partial charge on any atom is 0.321 e. The van der Waals surface area contributed by atoms with Gasteiger partial charge < -0.3 is 15.0 Å². The topological polar surface area (TPSA) is 104 Å². The Morgan fingerprint density at radius 2 is 2.00 bits per heavy atom. The molecule has 8 heteroatoms. The average molecular weight is 398 g/mol. The van der Waals surface area contributed by atoms with Crippen LogP contribution in [-0.2, 0) is 4.79 Å². The molecule has 1 amide bonds. The number of rotatable bonds is 6. The number of nitrogens with zero attached hydrogens (tertiary/aromatic N) is 5. The number of carbonyl (C=O) groups excluding carboxylic acids is 1. The molecule has 1 N–H and O–H groups in total. The van der Waals surface area contributed by atoms with Gasteiger partial charge in [-0.05, 0) is 30.3 Å². The number of carbonyl (C=O) groups is 1. The van der Waals surface area contributed by atoms with Gasteiger partial charge in [0.2, 0.25) is 5.91 Å². The van der Waals surface area contributed by atoms with Crippen LogP contribution in [0.15, 0.2) is 67.8 Å². The van der Waals surface area contributed by atoms with E-state index >= 15 is 0 Å². The number of benzene rings is 1. The number of hydrogen-bond acceptors (Lipinski definition) is 7. The summed E-state index contributed by atoms with van der Waals surface area (Å²) in [7, 11) is 0. The summed E-state index contributed by atoms with van der Waals surface area (Å²) in [5, 5.41) is 12.3. The third kappa shape index (κ3) is 4.25. The average Bonchev–Trinajstić information content (AvgIpc) is 2.76. The molecule has 0 bridgehead atoms. The minimum Gasteiger partial charge on any atom is -0.424 e. The summed E-state index contributed by atoms with van der Waals surface area (Å²) >= 11 is 0. The van der Waals surface area contributed by atoms with Crippen molar-refractivity contribution < 1.29 is 9.53 Å². The van der Waals surface area contributed by atoms with E-state index in [9.17, 15) is 4.79 Å². The van der Waals surface area contributed by atoms with Gasteiger partial charge >= 0.3 is 6.01 Å². The number of pyridine rings is 1. The number of ether oxygens (including phenoxy) is 1. The molecule has 3 heterocycles. The fourth-order valence-corrected chi connectivity index (χ4v) is 3.04. The van der Waals surface area contributed by atoms with Crippen molar-refractivity contribution in [2.75, 3.05) is 18.4 Å². The van der Waals surface area contributed by atoms with Crippen molar-refractivity contribution >= 4 is 11.6 Å². The van der Waals surface area contributed by atoms with Gasteiger partial charge in [-0.2, -0.15) is 5.26 Å². The standard InChI is InChI=1S/C22H18N6O2/c1-2-21(29)28-13-19(14-28)27-18-7-16(9-24-12-18)17-10-25-22(26-11-17)30-20-5-3-4-15(6-20)8-23/h2-7,9-12,19,27H,1,13-14H2. The zero-order chi connectivity index (χ0) is 20.9. The van der Waals surface area contributed by atoms with Crippen LogP contribution in [0.4, 0.5) is 5.69 Å². The predicted octanol–water partition coefficient (Wildman–Crippen LogP) is 3.01. The summed E-state index contributed by atoms with van der Waals surface area (Å²) < 4.78 is 5.61. The predicted molar refractivity (Wildman–Crippen MR) is 111 cm³/mol. The lowest BCUT2D eigenvalue weighted by molar-refractivity contribution is -0.129. The lowest BCUT2D eigenvalue weighted by Crippen LogP contribution is -2.56. The molecule has 1 aliphatic rings. The molecule has 30 heavy (non-hydrogen) atoms. The SMILES string of the molecule is C=CC(=O)N1CC(Nc2cncc(-c3cnc(Oc4cccc(C#N)c4)nc3)c2)C1. The summed E-state index contributed by atoms with van der Waals surface area (Å²) in [6.07, 6.45) is 8.11. The maximum absolute atomic E-state index is 11.5. The lowest BCUT2D eigenvalue weighted by Gasteiger charge is -2.39. The molecule has 0 aliphatic carbocycles. The van der Waals surface area contributed by atoms with E-state index < -0.39 is 0 Å². The molecule has 8 nitrogen and oxygen atoms in total. The Morgan fingerprint density at radius 3 is 2.73 bits per heavy atom. The van der Waals surface area contributed by atoms with Gasteiger partial charge in [-0.25, -0.2) is 9.97 Å². The van der Waals surface area contributed by atoms with Crippen molar-refractivity contribution in [1.82, 2.24) is 19.9 Å². The lowest BCUT2D eigenvalue weighted by atomic mass is 10.1. The minimum absolute atomic E-state index is 0.0567. The third-order valence-corrected chi connectivity index (χ3v) is 4.61. The number of hydrogen-bond donors (Lipinski definition) is 1. The number of amides is 1. The van der Waals surface area contributed by atoms with Gasteiger partial charge in [0.05, 0.1) is 23.4 Å². The van der Waals surface area contributed by atoms with E-state index in [-0.39, 0.29) is 18.0 Å². The van der Waals surface area contributed by atoms with Gasteiger partial charge in [-0.3, -0.25) is 9.78 Å². The van der Waals surface area contributed by atoms with Crippen molar-refractivity contribution in [1.29, 1.82) is 5.26 Å². The van der Waals surface area contributed by atoms with Gasteiger partial charge in [0, 0.05) is 49.0 Å². The molecular weight excluding hydrogens is 380 g/mol. The first-order valence-electron chi connectivity index (χ1n) is 9.28. The fourth-order valence-electron chi connectivity index (χ4n) is 3.04. The summed E-state index contributed by atoms with van der Waals surface area (Å²) in [5.74, 6) is 0.442. The second-order valence-corrected chi connectivity index (χ2v) is 6.75. The zero-order valence-electron chi connectivity index (χ0n) is 16.0. The number of likely N-dealkylation sites (tertiary alicyclic amines) is 1. The molecule has 3 aromatic rings. The monoisotopic (exact) mass is 398 g/mol. The first-order valence-corrected chi connectivity index (χ1v) is 9.28. The number of nitrogens with one attached hydrogen (secondary N) is 1. The Balaban J connectivity index is 1.41. The Bertz CT molecular complexity index is 1120. The van der Waals surface area contributed by atoms with E-state index in [1.807, 2.05) is 6.07 Å². The van der Waals surface area contributed by atoms with Crippen molar-refractivity contribution in [2.24, 2.45) is 0 Å². The van der Waals surface area contributed by atoms with E-state index in [0.717, 1.165) is 16.8 Å². The Kier molecular flexibility index (Phi) is 5.35. The molecule has 0 spiro atoms. The van der Waals surface area contributed by atoms with E-state index in [4.69, 9.17) is 10.00 Å². The molecule has 148 valence electrons.